The molecule has 2 aromatic heterocycles. The van der Waals surface area contributed by atoms with Crippen LogP contribution in [0.1, 0.15) is 67.8 Å². The number of aromatic nitrogens is 3. The van der Waals surface area contributed by atoms with Crippen molar-refractivity contribution < 1.29 is 14.3 Å². The standard InChI is InChI=1S/C25H32N4O3/c1-15(2)19-13-18(22-16(3)27-29(23(22)26-19)25(4,5)6)24(30)28(7)14-17-8-9-20-21(12-17)32-11-10-31-20/h8-9,12-13,15H,10-11,14H2,1-7H3. The summed E-state index contributed by atoms with van der Waals surface area (Å²) >= 11 is 0. The fourth-order valence-corrected chi connectivity index (χ4v) is 3.98. The van der Waals surface area contributed by atoms with E-state index < -0.39 is 0 Å². The number of carbonyl (C=O) groups excluding carboxylic acids is 1. The third kappa shape index (κ3) is 4.04. The van der Waals surface area contributed by atoms with E-state index in [4.69, 9.17) is 19.6 Å². The molecule has 0 N–H and O–H groups in total. The summed E-state index contributed by atoms with van der Waals surface area (Å²) in [6.45, 7) is 14.0. The molecule has 3 aromatic rings. The van der Waals surface area contributed by atoms with Gasteiger partial charge in [0.2, 0.25) is 0 Å². The van der Waals surface area contributed by atoms with Gasteiger partial charge >= 0.3 is 0 Å². The summed E-state index contributed by atoms with van der Waals surface area (Å²) in [6, 6.07) is 7.75. The molecule has 0 fully saturated rings. The quantitative estimate of drug-likeness (QED) is 0.595. The third-order valence-corrected chi connectivity index (χ3v) is 5.66. The van der Waals surface area contributed by atoms with Crippen LogP contribution in [-0.4, -0.2) is 45.8 Å². The van der Waals surface area contributed by atoms with Crippen molar-refractivity contribution in [1.29, 1.82) is 0 Å². The van der Waals surface area contributed by atoms with Crippen LogP contribution in [0, 0.1) is 6.92 Å². The first-order valence-electron chi connectivity index (χ1n) is 11.1. The largest absolute Gasteiger partial charge is 0.486 e. The Balaban J connectivity index is 1.73. The number of hydrogen-bond acceptors (Lipinski definition) is 5. The van der Waals surface area contributed by atoms with Gasteiger partial charge < -0.3 is 14.4 Å². The van der Waals surface area contributed by atoms with Gasteiger partial charge in [0.25, 0.3) is 5.91 Å². The summed E-state index contributed by atoms with van der Waals surface area (Å²) in [5.74, 6) is 1.62. The van der Waals surface area contributed by atoms with Crippen molar-refractivity contribution in [2.24, 2.45) is 0 Å². The van der Waals surface area contributed by atoms with E-state index in [9.17, 15) is 4.79 Å². The number of carbonyl (C=O) groups is 1. The van der Waals surface area contributed by atoms with Gasteiger partial charge in [0.05, 0.1) is 22.2 Å². The summed E-state index contributed by atoms with van der Waals surface area (Å²) in [5, 5.41) is 5.57. The fourth-order valence-electron chi connectivity index (χ4n) is 3.98. The van der Waals surface area contributed by atoms with E-state index in [2.05, 4.69) is 34.6 Å². The lowest BCUT2D eigenvalue weighted by Gasteiger charge is -2.22. The zero-order valence-electron chi connectivity index (χ0n) is 20.0. The second kappa shape index (κ2) is 8.11. The Hall–Kier alpha value is -3.09. The highest BCUT2D eigenvalue weighted by Crippen LogP contribution is 2.32. The van der Waals surface area contributed by atoms with Crippen molar-refractivity contribution >= 4 is 16.9 Å². The Morgan fingerprint density at radius 3 is 2.50 bits per heavy atom. The van der Waals surface area contributed by atoms with Gasteiger partial charge in [0.1, 0.15) is 13.2 Å². The Kier molecular flexibility index (Phi) is 5.61. The molecule has 1 amide bonds. The molecule has 0 bridgehead atoms. The molecule has 7 nitrogen and oxygen atoms in total. The molecular weight excluding hydrogens is 404 g/mol. The number of amides is 1. The van der Waals surface area contributed by atoms with Gasteiger partial charge in [-0.25, -0.2) is 9.67 Å². The van der Waals surface area contributed by atoms with Crippen LogP contribution in [0.2, 0.25) is 0 Å². The number of benzene rings is 1. The van der Waals surface area contributed by atoms with Gasteiger partial charge in [0, 0.05) is 19.3 Å². The number of aryl methyl sites for hydroxylation is 1. The second-order valence-corrected chi connectivity index (χ2v) is 9.76. The van der Waals surface area contributed by atoms with Gasteiger partial charge in [0.15, 0.2) is 17.1 Å². The molecule has 0 atom stereocenters. The lowest BCUT2D eigenvalue weighted by atomic mass is 10.0. The highest BCUT2D eigenvalue weighted by Gasteiger charge is 2.26. The summed E-state index contributed by atoms with van der Waals surface area (Å²) in [6.07, 6.45) is 0. The van der Waals surface area contributed by atoms with E-state index in [0.717, 1.165) is 39.5 Å². The smallest absolute Gasteiger partial charge is 0.254 e. The minimum absolute atomic E-state index is 0.0502. The molecule has 3 heterocycles. The van der Waals surface area contributed by atoms with E-state index in [1.54, 1.807) is 4.90 Å². The zero-order chi connectivity index (χ0) is 23.2. The van der Waals surface area contributed by atoms with Gasteiger partial charge in [-0.1, -0.05) is 19.9 Å². The van der Waals surface area contributed by atoms with E-state index in [-0.39, 0.29) is 17.4 Å². The summed E-state index contributed by atoms with van der Waals surface area (Å²) in [7, 11) is 1.82. The third-order valence-electron chi connectivity index (χ3n) is 5.66. The number of ether oxygens (including phenoxy) is 2. The van der Waals surface area contributed by atoms with Crippen molar-refractivity contribution in [3.63, 3.8) is 0 Å². The van der Waals surface area contributed by atoms with Crippen LogP contribution in [0.4, 0.5) is 0 Å². The molecule has 0 radical (unpaired) electrons. The van der Waals surface area contributed by atoms with Crippen molar-refractivity contribution in [2.75, 3.05) is 20.3 Å². The Labute approximate surface area is 189 Å². The Morgan fingerprint density at radius 2 is 1.84 bits per heavy atom. The second-order valence-electron chi connectivity index (χ2n) is 9.76. The molecule has 0 aliphatic carbocycles. The van der Waals surface area contributed by atoms with Crippen LogP contribution >= 0.6 is 0 Å². The van der Waals surface area contributed by atoms with Crippen LogP contribution in [0.3, 0.4) is 0 Å². The van der Waals surface area contributed by atoms with E-state index in [1.165, 1.54) is 0 Å². The zero-order valence-corrected chi connectivity index (χ0v) is 20.0. The maximum atomic E-state index is 13.6. The Morgan fingerprint density at radius 1 is 1.16 bits per heavy atom. The molecular formula is C25H32N4O3. The lowest BCUT2D eigenvalue weighted by molar-refractivity contribution is 0.0786. The normalized spacial score (nSPS) is 13.6. The first-order valence-corrected chi connectivity index (χ1v) is 11.1. The average Bonchev–Trinajstić information content (AvgIpc) is 3.09. The van der Waals surface area contributed by atoms with Crippen LogP contribution in [0.25, 0.3) is 11.0 Å². The topological polar surface area (TPSA) is 69.5 Å². The molecule has 32 heavy (non-hydrogen) atoms. The van der Waals surface area contributed by atoms with Gasteiger partial charge in [-0.05, 0) is 57.4 Å². The summed E-state index contributed by atoms with van der Waals surface area (Å²) in [5.41, 5.74) is 3.85. The SMILES string of the molecule is Cc1nn(C(C)(C)C)c2nc(C(C)C)cc(C(=O)N(C)Cc3ccc4c(c3)OCCO4)c12. The molecule has 0 spiro atoms. The van der Waals surface area contributed by atoms with Crippen molar-refractivity contribution in [2.45, 2.75) is 59.5 Å². The number of nitrogens with zero attached hydrogens (tertiary/aromatic N) is 4. The fraction of sp³-hybridized carbons (Fsp3) is 0.480. The van der Waals surface area contributed by atoms with Gasteiger partial charge in [-0.3, -0.25) is 4.79 Å². The summed E-state index contributed by atoms with van der Waals surface area (Å²) < 4.78 is 13.2. The number of rotatable bonds is 4. The van der Waals surface area contributed by atoms with Crippen molar-refractivity contribution in [3.05, 3.63) is 46.8 Å². The molecule has 170 valence electrons. The molecule has 0 unspecified atom stereocenters. The molecule has 0 saturated heterocycles. The predicted molar refractivity (Wildman–Crippen MR) is 125 cm³/mol. The molecule has 1 aliphatic heterocycles. The maximum Gasteiger partial charge on any atom is 0.254 e. The van der Waals surface area contributed by atoms with E-state index in [0.29, 0.717) is 25.3 Å². The summed E-state index contributed by atoms with van der Waals surface area (Å²) in [4.78, 5) is 20.3. The van der Waals surface area contributed by atoms with E-state index >= 15 is 0 Å². The van der Waals surface area contributed by atoms with E-state index in [1.807, 2.05) is 42.9 Å². The van der Waals surface area contributed by atoms with Crippen LogP contribution in [0.5, 0.6) is 11.5 Å². The monoisotopic (exact) mass is 436 g/mol. The average molecular weight is 437 g/mol. The van der Waals surface area contributed by atoms with Crippen LogP contribution in [-0.2, 0) is 12.1 Å². The van der Waals surface area contributed by atoms with Crippen LogP contribution < -0.4 is 9.47 Å². The minimum atomic E-state index is -0.244. The first-order chi connectivity index (χ1) is 15.1. The molecule has 4 rings (SSSR count). The van der Waals surface area contributed by atoms with Crippen molar-refractivity contribution in [1.82, 2.24) is 19.7 Å². The molecule has 7 heteroatoms. The number of pyridine rings is 1. The highest BCUT2D eigenvalue weighted by atomic mass is 16.6. The van der Waals surface area contributed by atoms with Crippen molar-refractivity contribution in [3.8, 4) is 11.5 Å². The molecule has 0 saturated carbocycles. The lowest BCUT2D eigenvalue weighted by Crippen LogP contribution is -2.27. The highest BCUT2D eigenvalue weighted by molar-refractivity contribution is 6.06. The first kappa shape index (κ1) is 22.1. The minimum Gasteiger partial charge on any atom is -0.486 e. The predicted octanol–water partition coefficient (Wildman–Crippen LogP) is 4.66. The molecule has 1 aromatic carbocycles. The number of hydrogen-bond donors (Lipinski definition) is 0. The Bertz CT molecular complexity index is 1170. The van der Waals surface area contributed by atoms with Gasteiger partial charge in [-0.15, -0.1) is 0 Å². The maximum absolute atomic E-state index is 13.6. The molecule has 1 aliphatic rings. The number of fused-ring (bicyclic) bond motifs is 2. The van der Waals surface area contributed by atoms with Gasteiger partial charge in [-0.2, -0.15) is 5.10 Å². The van der Waals surface area contributed by atoms with Crippen LogP contribution in [0.15, 0.2) is 24.3 Å².